The van der Waals surface area contributed by atoms with Gasteiger partial charge < -0.3 is 16.0 Å². The van der Waals surface area contributed by atoms with E-state index in [2.05, 4.69) is 24.1 Å². The highest BCUT2D eigenvalue weighted by Crippen LogP contribution is 2.15. The molecule has 106 valence electrons. The van der Waals surface area contributed by atoms with Crippen LogP contribution in [0.25, 0.3) is 0 Å². The molecule has 0 fully saturated rings. The molecule has 0 spiro atoms. The van der Waals surface area contributed by atoms with Gasteiger partial charge in [0, 0.05) is 18.8 Å². The third-order valence-corrected chi connectivity index (χ3v) is 2.91. The molecule has 4 nitrogen and oxygen atoms in total. The first-order valence-corrected chi connectivity index (χ1v) is 6.55. The van der Waals surface area contributed by atoms with E-state index in [-0.39, 0.29) is 11.3 Å². The Labute approximate surface area is 116 Å². The lowest BCUT2D eigenvalue weighted by molar-refractivity contribution is -0.120. The molecule has 0 radical (unpaired) electrons. The topological polar surface area (TPSA) is 58.4 Å². The van der Waals surface area contributed by atoms with Gasteiger partial charge in [0.1, 0.15) is 0 Å². The van der Waals surface area contributed by atoms with Crippen molar-refractivity contribution in [1.29, 1.82) is 0 Å². The van der Waals surface area contributed by atoms with E-state index in [1.54, 1.807) is 0 Å². The monoisotopic (exact) mass is 263 g/mol. The second-order valence-corrected chi connectivity index (χ2v) is 6.05. The number of benzene rings is 1. The minimum absolute atomic E-state index is 0.0183. The van der Waals surface area contributed by atoms with Crippen molar-refractivity contribution in [1.82, 2.24) is 10.2 Å². The van der Waals surface area contributed by atoms with E-state index in [0.29, 0.717) is 18.7 Å². The Balaban J connectivity index is 2.46. The molecular formula is C15H25N3O. The first kappa shape index (κ1) is 15.5. The standard InChI is InChI=1S/C15H25N3O/c1-15(2,11-18(3)4)10-17-14(19)9-12-7-5-6-8-13(12)16/h5-8H,9-11,16H2,1-4H3,(H,17,19). The minimum Gasteiger partial charge on any atom is -0.398 e. The summed E-state index contributed by atoms with van der Waals surface area (Å²) in [6.07, 6.45) is 0.338. The van der Waals surface area contributed by atoms with Gasteiger partial charge in [0.15, 0.2) is 0 Å². The summed E-state index contributed by atoms with van der Waals surface area (Å²) in [5.41, 5.74) is 7.44. The second kappa shape index (κ2) is 6.57. The van der Waals surface area contributed by atoms with Crippen molar-refractivity contribution in [2.75, 3.05) is 32.9 Å². The normalized spacial score (nSPS) is 11.6. The first-order valence-electron chi connectivity index (χ1n) is 6.55. The van der Waals surface area contributed by atoms with Crippen LogP contribution in [0.1, 0.15) is 19.4 Å². The number of rotatable bonds is 6. The van der Waals surface area contributed by atoms with E-state index < -0.39 is 0 Å². The maximum atomic E-state index is 11.9. The molecule has 0 atom stereocenters. The average Bonchev–Trinajstić information content (AvgIpc) is 2.28. The van der Waals surface area contributed by atoms with Crippen LogP contribution in [0, 0.1) is 5.41 Å². The van der Waals surface area contributed by atoms with Crippen molar-refractivity contribution in [3.05, 3.63) is 29.8 Å². The van der Waals surface area contributed by atoms with Gasteiger partial charge in [-0.25, -0.2) is 0 Å². The fraction of sp³-hybridized carbons (Fsp3) is 0.533. The Morgan fingerprint density at radius 1 is 1.32 bits per heavy atom. The largest absolute Gasteiger partial charge is 0.398 e. The molecule has 0 aliphatic rings. The van der Waals surface area contributed by atoms with Crippen LogP contribution in [-0.4, -0.2) is 38.0 Å². The van der Waals surface area contributed by atoms with Crippen molar-refractivity contribution < 1.29 is 4.79 Å². The summed E-state index contributed by atoms with van der Waals surface area (Å²) in [7, 11) is 4.07. The Kier molecular flexibility index (Phi) is 5.36. The molecule has 1 aromatic carbocycles. The predicted octanol–water partition coefficient (Wildman–Crippen LogP) is 1.52. The van der Waals surface area contributed by atoms with Gasteiger partial charge in [0.25, 0.3) is 0 Å². The van der Waals surface area contributed by atoms with Crippen LogP contribution in [0.3, 0.4) is 0 Å². The highest BCUT2D eigenvalue weighted by molar-refractivity contribution is 5.80. The van der Waals surface area contributed by atoms with Gasteiger partial charge >= 0.3 is 0 Å². The van der Waals surface area contributed by atoms with Crippen LogP contribution in [0.15, 0.2) is 24.3 Å². The number of anilines is 1. The molecule has 0 unspecified atom stereocenters. The number of amides is 1. The number of carbonyl (C=O) groups excluding carboxylic acids is 1. The van der Waals surface area contributed by atoms with Gasteiger partial charge in [0.05, 0.1) is 6.42 Å². The summed E-state index contributed by atoms with van der Waals surface area (Å²) in [4.78, 5) is 14.0. The fourth-order valence-corrected chi connectivity index (χ4v) is 2.18. The lowest BCUT2D eigenvalue weighted by atomic mass is 9.93. The summed E-state index contributed by atoms with van der Waals surface area (Å²) in [6, 6.07) is 7.48. The van der Waals surface area contributed by atoms with Crippen molar-refractivity contribution in [3.63, 3.8) is 0 Å². The van der Waals surface area contributed by atoms with Crippen LogP contribution >= 0.6 is 0 Å². The van der Waals surface area contributed by atoms with Gasteiger partial charge in [-0.05, 0) is 31.1 Å². The molecule has 1 aromatic rings. The maximum Gasteiger partial charge on any atom is 0.224 e. The summed E-state index contributed by atoms with van der Waals surface area (Å²) in [5, 5.41) is 2.98. The van der Waals surface area contributed by atoms with Crippen LogP contribution in [0.5, 0.6) is 0 Å². The van der Waals surface area contributed by atoms with Crippen LogP contribution < -0.4 is 11.1 Å². The molecule has 0 aromatic heterocycles. The summed E-state index contributed by atoms with van der Waals surface area (Å²) in [5.74, 6) is 0.0183. The number of hydrogen-bond donors (Lipinski definition) is 2. The van der Waals surface area contributed by atoms with Crippen molar-refractivity contribution in [2.24, 2.45) is 5.41 Å². The van der Waals surface area contributed by atoms with Gasteiger partial charge in [-0.2, -0.15) is 0 Å². The van der Waals surface area contributed by atoms with Gasteiger partial charge in [-0.3, -0.25) is 4.79 Å². The maximum absolute atomic E-state index is 11.9. The quantitative estimate of drug-likeness (QED) is 0.765. The second-order valence-electron chi connectivity index (χ2n) is 6.05. The lowest BCUT2D eigenvalue weighted by Gasteiger charge is -2.28. The van der Waals surface area contributed by atoms with E-state index in [0.717, 1.165) is 12.1 Å². The lowest BCUT2D eigenvalue weighted by Crippen LogP contribution is -2.40. The van der Waals surface area contributed by atoms with Gasteiger partial charge in [-0.1, -0.05) is 32.0 Å². The number of nitrogens with zero attached hydrogens (tertiary/aromatic N) is 1. The third kappa shape index (κ3) is 5.75. The molecule has 0 heterocycles. The smallest absolute Gasteiger partial charge is 0.224 e. The average molecular weight is 263 g/mol. The number of nitrogens with one attached hydrogen (secondary N) is 1. The number of hydrogen-bond acceptors (Lipinski definition) is 3. The summed E-state index contributed by atoms with van der Waals surface area (Å²) < 4.78 is 0. The van der Waals surface area contributed by atoms with Crippen LogP contribution in [0.2, 0.25) is 0 Å². The van der Waals surface area contributed by atoms with E-state index in [4.69, 9.17) is 5.73 Å². The number of para-hydroxylation sites is 1. The van der Waals surface area contributed by atoms with E-state index in [1.807, 2.05) is 38.4 Å². The molecule has 19 heavy (non-hydrogen) atoms. The Morgan fingerprint density at radius 2 is 1.95 bits per heavy atom. The number of nitrogen functional groups attached to an aromatic ring is 1. The molecule has 0 aliphatic heterocycles. The number of nitrogens with two attached hydrogens (primary N) is 1. The zero-order chi connectivity index (χ0) is 14.5. The highest BCUT2D eigenvalue weighted by Gasteiger charge is 2.19. The molecule has 1 amide bonds. The molecular weight excluding hydrogens is 238 g/mol. The SMILES string of the molecule is CN(C)CC(C)(C)CNC(=O)Cc1ccccc1N. The zero-order valence-electron chi connectivity index (χ0n) is 12.4. The van der Waals surface area contributed by atoms with Gasteiger partial charge in [-0.15, -0.1) is 0 Å². The molecule has 4 heteroatoms. The molecule has 0 bridgehead atoms. The molecule has 1 rings (SSSR count). The van der Waals surface area contributed by atoms with E-state index in [1.165, 1.54) is 0 Å². The number of carbonyl (C=O) groups is 1. The van der Waals surface area contributed by atoms with Crippen molar-refractivity contribution >= 4 is 11.6 Å². The summed E-state index contributed by atoms with van der Waals surface area (Å²) in [6.45, 7) is 5.88. The fourth-order valence-electron chi connectivity index (χ4n) is 2.18. The first-order chi connectivity index (χ1) is 8.80. The Hall–Kier alpha value is -1.55. The van der Waals surface area contributed by atoms with Crippen LogP contribution in [0.4, 0.5) is 5.69 Å². The molecule has 0 aliphatic carbocycles. The minimum atomic E-state index is 0.0183. The van der Waals surface area contributed by atoms with Crippen molar-refractivity contribution in [3.8, 4) is 0 Å². The van der Waals surface area contributed by atoms with E-state index in [9.17, 15) is 4.79 Å². The van der Waals surface area contributed by atoms with Gasteiger partial charge in [0.2, 0.25) is 5.91 Å². The summed E-state index contributed by atoms with van der Waals surface area (Å²) >= 11 is 0. The predicted molar refractivity (Wildman–Crippen MR) is 79.9 cm³/mol. The third-order valence-electron chi connectivity index (χ3n) is 2.91. The van der Waals surface area contributed by atoms with Crippen molar-refractivity contribution in [2.45, 2.75) is 20.3 Å². The Morgan fingerprint density at radius 3 is 2.53 bits per heavy atom. The van der Waals surface area contributed by atoms with E-state index >= 15 is 0 Å². The Bertz CT molecular complexity index is 427. The highest BCUT2D eigenvalue weighted by atomic mass is 16.1. The molecule has 0 saturated heterocycles. The van der Waals surface area contributed by atoms with Crippen LogP contribution in [-0.2, 0) is 11.2 Å². The molecule has 0 saturated carbocycles. The zero-order valence-corrected chi connectivity index (χ0v) is 12.4. The molecule has 3 N–H and O–H groups in total.